The van der Waals surface area contributed by atoms with Gasteiger partial charge < -0.3 is 29.8 Å². The Hall–Kier alpha value is -2.36. The second kappa shape index (κ2) is 16.8. The van der Waals surface area contributed by atoms with Gasteiger partial charge in [-0.2, -0.15) is 0 Å². The zero-order valence-electron chi connectivity index (χ0n) is 24.8. The molecule has 0 saturated carbocycles. The van der Waals surface area contributed by atoms with Crippen LogP contribution in [0.1, 0.15) is 44.7 Å². The van der Waals surface area contributed by atoms with Crippen molar-refractivity contribution in [3.63, 3.8) is 0 Å². The molecule has 0 aliphatic heterocycles. The van der Waals surface area contributed by atoms with Gasteiger partial charge in [0.1, 0.15) is 5.60 Å². The number of hydrogen-bond acceptors (Lipinski definition) is 7. The first-order valence-corrected chi connectivity index (χ1v) is 14.2. The highest BCUT2D eigenvalue weighted by Gasteiger charge is 2.38. The molecule has 0 heterocycles. The van der Waals surface area contributed by atoms with Crippen LogP contribution in [0.4, 0.5) is 0 Å². The predicted octanol–water partition coefficient (Wildman–Crippen LogP) is 4.63. The third-order valence-corrected chi connectivity index (χ3v) is 7.63. The van der Waals surface area contributed by atoms with E-state index in [9.17, 15) is 9.90 Å². The Morgan fingerprint density at radius 2 is 1.75 bits per heavy atom. The van der Waals surface area contributed by atoms with Crippen molar-refractivity contribution in [1.29, 1.82) is 0 Å². The first kappa shape index (κ1) is 33.8. The van der Waals surface area contributed by atoms with Gasteiger partial charge in [-0.1, -0.05) is 50.2 Å². The van der Waals surface area contributed by atoms with E-state index in [-0.39, 0.29) is 12.5 Å². The Morgan fingerprint density at radius 1 is 1.05 bits per heavy atom. The van der Waals surface area contributed by atoms with Gasteiger partial charge in [0.05, 0.1) is 26.4 Å². The van der Waals surface area contributed by atoms with Crippen LogP contribution in [0.2, 0.25) is 0 Å². The Labute approximate surface area is 244 Å². The largest absolute Gasteiger partial charge is 0.493 e. The highest BCUT2D eigenvalue weighted by molar-refractivity contribution is 6.22. The zero-order chi connectivity index (χ0) is 29.7. The maximum Gasteiger partial charge on any atom is 0.269 e. The number of amides is 1. The van der Waals surface area contributed by atoms with Gasteiger partial charge >= 0.3 is 0 Å². The van der Waals surface area contributed by atoms with E-state index in [0.717, 1.165) is 28.4 Å². The van der Waals surface area contributed by atoms with Crippen LogP contribution in [-0.4, -0.2) is 74.3 Å². The van der Waals surface area contributed by atoms with Gasteiger partial charge in [0.25, 0.3) is 5.91 Å². The third-order valence-electron chi connectivity index (χ3n) is 7.34. The van der Waals surface area contributed by atoms with Crippen LogP contribution >= 0.6 is 11.8 Å². The van der Waals surface area contributed by atoms with E-state index in [1.54, 1.807) is 21.1 Å². The van der Waals surface area contributed by atoms with E-state index in [1.165, 1.54) is 7.11 Å². The summed E-state index contributed by atoms with van der Waals surface area (Å²) in [5.41, 5.74) is 7.32. The number of nitrogens with two attached hydrogens (primary N) is 1. The molecule has 2 rings (SSSR count). The molecule has 224 valence electrons. The molecule has 4 atom stereocenters. The normalized spacial score (nSPS) is 15.2. The Morgan fingerprint density at radius 3 is 2.35 bits per heavy atom. The number of rotatable bonds is 18. The molecule has 0 saturated heterocycles. The Kier molecular flexibility index (Phi) is 14.2. The van der Waals surface area contributed by atoms with Gasteiger partial charge in [0.15, 0.2) is 11.5 Å². The van der Waals surface area contributed by atoms with Gasteiger partial charge in [0, 0.05) is 51.5 Å². The molecule has 0 radical (unpaired) electrons. The lowest BCUT2D eigenvalue weighted by Crippen LogP contribution is -2.51. The summed E-state index contributed by atoms with van der Waals surface area (Å²) in [7, 11) is 4.77. The standard InChI is InChI=1S/C31H47ClN2O6/c1-22(2)25(17-24-13-14-28(38-5)29(18-24)40-16-10-15-37-4)19-26(33)27(35)21-34(32)30(36)31(3,39-6)20-23-11-8-7-9-12-23/h7-9,11-14,18,22,25-27,35H,10,15-17,19-21,33H2,1-6H3/t25-,26-,27-,31+/m0/s1. The smallest absolute Gasteiger partial charge is 0.269 e. The molecule has 1 amide bonds. The average molecular weight is 579 g/mol. The lowest BCUT2D eigenvalue weighted by Gasteiger charge is -2.32. The van der Waals surface area contributed by atoms with Crippen molar-refractivity contribution in [1.82, 2.24) is 4.42 Å². The van der Waals surface area contributed by atoms with E-state index in [2.05, 4.69) is 13.8 Å². The maximum atomic E-state index is 13.2. The van der Waals surface area contributed by atoms with Gasteiger partial charge in [-0.15, -0.1) is 0 Å². The highest BCUT2D eigenvalue weighted by Crippen LogP contribution is 2.31. The molecular formula is C31H47ClN2O6. The number of carbonyl (C=O) groups is 1. The fourth-order valence-corrected chi connectivity index (χ4v) is 4.93. The molecule has 0 aliphatic carbocycles. The van der Waals surface area contributed by atoms with Gasteiger partial charge in [0.2, 0.25) is 0 Å². The first-order chi connectivity index (χ1) is 19.0. The number of aliphatic hydroxyl groups excluding tert-OH is 1. The monoisotopic (exact) mass is 578 g/mol. The quantitative estimate of drug-likeness (QED) is 0.196. The van der Waals surface area contributed by atoms with Crippen molar-refractivity contribution in [3.05, 3.63) is 59.7 Å². The molecule has 0 fully saturated rings. The number of benzene rings is 2. The van der Waals surface area contributed by atoms with Crippen LogP contribution < -0.4 is 15.2 Å². The van der Waals surface area contributed by atoms with Crippen LogP contribution in [0.15, 0.2) is 48.5 Å². The van der Waals surface area contributed by atoms with E-state index < -0.39 is 23.7 Å². The second-order valence-corrected chi connectivity index (χ2v) is 11.2. The summed E-state index contributed by atoms with van der Waals surface area (Å²) < 4.78 is 23.1. The summed E-state index contributed by atoms with van der Waals surface area (Å²) >= 11 is 6.39. The van der Waals surface area contributed by atoms with Crippen LogP contribution in [0.25, 0.3) is 0 Å². The summed E-state index contributed by atoms with van der Waals surface area (Å²) in [4.78, 5) is 13.2. The summed E-state index contributed by atoms with van der Waals surface area (Å²) in [6, 6.07) is 14.9. The fourth-order valence-electron chi connectivity index (χ4n) is 4.61. The molecule has 0 aliphatic rings. The van der Waals surface area contributed by atoms with Crippen molar-refractivity contribution >= 4 is 17.7 Å². The zero-order valence-corrected chi connectivity index (χ0v) is 25.5. The van der Waals surface area contributed by atoms with Crippen molar-refractivity contribution in [3.8, 4) is 11.5 Å². The minimum Gasteiger partial charge on any atom is -0.493 e. The topological polar surface area (TPSA) is 103 Å². The molecule has 0 bridgehead atoms. The number of aliphatic hydroxyl groups is 1. The van der Waals surface area contributed by atoms with Crippen molar-refractivity contribution in [2.45, 2.75) is 64.2 Å². The van der Waals surface area contributed by atoms with Gasteiger partial charge in [-0.05, 0) is 54.9 Å². The van der Waals surface area contributed by atoms with Crippen molar-refractivity contribution in [2.75, 3.05) is 41.1 Å². The minimum atomic E-state index is -1.18. The molecule has 40 heavy (non-hydrogen) atoms. The maximum absolute atomic E-state index is 13.2. The summed E-state index contributed by atoms with van der Waals surface area (Å²) in [6.07, 6.45) is 1.43. The third kappa shape index (κ3) is 10.2. The average Bonchev–Trinajstić information content (AvgIpc) is 2.94. The summed E-state index contributed by atoms with van der Waals surface area (Å²) in [5, 5.41) is 10.9. The molecule has 3 N–H and O–H groups in total. The predicted molar refractivity (Wildman–Crippen MR) is 159 cm³/mol. The van der Waals surface area contributed by atoms with Crippen molar-refractivity contribution in [2.24, 2.45) is 17.6 Å². The highest BCUT2D eigenvalue weighted by atomic mass is 35.5. The minimum absolute atomic E-state index is 0.109. The van der Waals surface area contributed by atoms with E-state index in [0.29, 0.717) is 43.5 Å². The molecule has 0 unspecified atom stereocenters. The summed E-state index contributed by atoms with van der Waals surface area (Å²) in [6.45, 7) is 7.02. The summed E-state index contributed by atoms with van der Waals surface area (Å²) in [5.74, 6) is 1.43. The van der Waals surface area contributed by atoms with Crippen molar-refractivity contribution < 1.29 is 28.8 Å². The molecule has 8 nitrogen and oxygen atoms in total. The van der Waals surface area contributed by atoms with Crippen LogP contribution in [0.5, 0.6) is 11.5 Å². The lowest BCUT2D eigenvalue weighted by atomic mass is 9.83. The molecule has 0 spiro atoms. The van der Waals surface area contributed by atoms with E-state index >= 15 is 0 Å². The van der Waals surface area contributed by atoms with E-state index in [4.69, 9.17) is 36.5 Å². The molecule has 2 aromatic rings. The molecular weight excluding hydrogens is 532 g/mol. The molecule has 0 aromatic heterocycles. The number of carbonyl (C=O) groups excluding carboxylic acids is 1. The Balaban J connectivity index is 2.02. The van der Waals surface area contributed by atoms with Gasteiger partial charge in [-0.25, -0.2) is 4.42 Å². The number of halogens is 1. The number of ether oxygens (including phenoxy) is 4. The number of hydrogen-bond donors (Lipinski definition) is 2. The second-order valence-electron chi connectivity index (χ2n) is 10.8. The van der Waals surface area contributed by atoms with Crippen LogP contribution in [0.3, 0.4) is 0 Å². The first-order valence-electron chi connectivity index (χ1n) is 13.8. The lowest BCUT2D eigenvalue weighted by molar-refractivity contribution is -0.148. The SMILES string of the molecule is COCCCOc1cc(C[C@@H](C[C@H](N)[C@@H](O)CN(Cl)C(=O)[C@@](C)(Cc2ccccc2)OC)C(C)C)ccc1OC. The van der Waals surface area contributed by atoms with E-state index in [1.807, 2.05) is 48.5 Å². The number of nitrogens with zero attached hydrogens (tertiary/aromatic N) is 1. The number of methoxy groups -OCH3 is 3. The van der Waals surface area contributed by atoms with Gasteiger partial charge in [-0.3, -0.25) is 4.79 Å². The molecule has 9 heteroatoms. The van der Waals surface area contributed by atoms with Crippen LogP contribution in [-0.2, 0) is 27.1 Å². The Bertz CT molecular complexity index is 1020. The fraction of sp³-hybridized carbons (Fsp3) is 0.581. The van der Waals surface area contributed by atoms with Crippen LogP contribution in [0, 0.1) is 11.8 Å². The molecule has 2 aromatic carbocycles.